The van der Waals surface area contributed by atoms with Gasteiger partial charge < -0.3 is 19.2 Å². The first-order valence-corrected chi connectivity index (χ1v) is 8.84. The first-order chi connectivity index (χ1) is 13.3. The van der Waals surface area contributed by atoms with E-state index in [0.717, 1.165) is 11.3 Å². The fourth-order valence-corrected chi connectivity index (χ4v) is 3.66. The van der Waals surface area contributed by atoms with E-state index >= 15 is 0 Å². The van der Waals surface area contributed by atoms with Crippen molar-refractivity contribution in [3.63, 3.8) is 0 Å². The zero-order valence-corrected chi connectivity index (χ0v) is 14.4. The van der Waals surface area contributed by atoms with Crippen molar-refractivity contribution in [2.24, 2.45) is 0 Å². The molecule has 2 aliphatic rings. The maximum atomic E-state index is 12.2. The fraction of sp³-hybridized carbons (Fsp3) is 0.316. The van der Waals surface area contributed by atoms with E-state index in [-0.39, 0.29) is 36.0 Å². The maximum absolute atomic E-state index is 12.2. The molecule has 0 aliphatic carbocycles. The molecule has 4 heterocycles. The molecule has 1 N–H and O–H groups in total. The number of nitrogens with zero attached hydrogens (tertiary/aromatic N) is 3. The van der Waals surface area contributed by atoms with Crippen LogP contribution >= 0.6 is 0 Å². The van der Waals surface area contributed by atoms with Crippen LogP contribution in [0.2, 0.25) is 0 Å². The number of hydrogen-bond acceptors (Lipinski definition) is 6. The van der Waals surface area contributed by atoms with Crippen LogP contribution in [0, 0.1) is 0 Å². The number of fused-ring (bicyclic) bond motifs is 1. The first-order valence-electron chi connectivity index (χ1n) is 8.84. The Morgan fingerprint density at radius 3 is 2.74 bits per heavy atom. The Balaban J connectivity index is 1.29. The summed E-state index contributed by atoms with van der Waals surface area (Å²) in [5, 5.41) is 11.5. The molecule has 5 rings (SSSR count). The van der Waals surface area contributed by atoms with Crippen LogP contribution in [0.3, 0.4) is 0 Å². The van der Waals surface area contributed by atoms with E-state index in [1.165, 1.54) is 6.26 Å². The van der Waals surface area contributed by atoms with Crippen molar-refractivity contribution in [3.05, 3.63) is 60.7 Å². The predicted octanol–water partition coefficient (Wildman–Crippen LogP) is 1.68. The number of hydrogen-bond donors (Lipinski definition) is 1. The largest absolute Gasteiger partial charge is 0.459 e. The van der Waals surface area contributed by atoms with Crippen LogP contribution in [0.4, 0.5) is 0 Å². The van der Waals surface area contributed by atoms with Crippen molar-refractivity contribution in [1.29, 1.82) is 0 Å². The van der Waals surface area contributed by atoms with Crippen LogP contribution in [-0.2, 0) is 9.47 Å². The Labute approximate surface area is 155 Å². The Morgan fingerprint density at radius 2 is 1.93 bits per heavy atom. The van der Waals surface area contributed by atoms with E-state index in [4.69, 9.17) is 13.9 Å². The molecular formula is C19H18N4O4. The van der Waals surface area contributed by atoms with E-state index in [0.29, 0.717) is 13.2 Å². The third-order valence-electron chi connectivity index (χ3n) is 5.01. The number of rotatable bonds is 4. The van der Waals surface area contributed by atoms with Crippen LogP contribution in [0.15, 0.2) is 59.3 Å². The molecule has 3 aromatic rings. The summed E-state index contributed by atoms with van der Waals surface area (Å²) in [5.74, 6) is 0.00481. The van der Waals surface area contributed by atoms with E-state index in [2.05, 4.69) is 15.6 Å². The number of furan rings is 1. The zero-order chi connectivity index (χ0) is 18.2. The van der Waals surface area contributed by atoms with E-state index in [1.807, 2.05) is 36.5 Å². The highest BCUT2D eigenvalue weighted by atomic mass is 16.6. The summed E-state index contributed by atoms with van der Waals surface area (Å²) in [4.78, 5) is 12.2. The van der Waals surface area contributed by atoms with E-state index in [1.54, 1.807) is 16.8 Å². The Bertz CT molecular complexity index is 924. The summed E-state index contributed by atoms with van der Waals surface area (Å²) in [5.41, 5.74) is 1.81. The lowest BCUT2D eigenvalue weighted by atomic mass is 10.1. The summed E-state index contributed by atoms with van der Waals surface area (Å²) in [6.45, 7) is 0.846. The second kappa shape index (κ2) is 6.64. The average Bonchev–Trinajstić information content (AvgIpc) is 3.47. The quantitative estimate of drug-likeness (QED) is 0.755. The van der Waals surface area contributed by atoms with Crippen molar-refractivity contribution < 1.29 is 18.7 Å². The average molecular weight is 366 g/mol. The first kappa shape index (κ1) is 16.2. The molecular weight excluding hydrogens is 348 g/mol. The Morgan fingerprint density at radius 1 is 1.07 bits per heavy atom. The Hall–Kier alpha value is -2.97. The van der Waals surface area contributed by atoms with Crippen LogP contribution in [0.25, 0.3) is 11.3 Å². The third kappa shape index (κ3) is 2.92. The lowest BCUT2D eigenvalue weighted by molar-refractivity contribution is 0.0612. The van der Waals surface area contributed by atoms with Gasteiger partial charge in [0, 0.05) is 5.56 Å². The van der Waals surface area contributed by atoms with Crippen molar-refractivity contribution in [1.82, 2.24) is 20.3 Å². The molecule has 2 aromatic heterocycles. The topological polar surface area (TPSA) is 91.4 Å². The highest BCUT2D eigenvalue weighted by Gasteiger charge is 2.49. The minimum Gasteiger partial charge on any atom is -0.459 e. The van der Waals surface area contributed by atoms with Gasteiger partial charge in [-0.25, -0.2) is 4.68 Å². The number of ether oxygens (including phenoxy) is 2. The number of benzene rings is 1. The van der Waals surface area contributed by atoms with Gasteiger partial charge >= 0.3 is 0 Å². The van der Waals surface area contributed by atoms with Crippen LogP contribution < -0.4 is 5.32 Å². The molecule has 0 radical (unpaired) electrons. The monoisotopic (exact) mass is 366 g/mol. The molecule has 2 saturated heterocycles. The fourth-order valence-electron chi connectivity index (χ4n) is 3.66. The minimum absolute atomic E-state index is 0.0783. The molecule has 0 saturated carbocycles. The van der Waals surface area contributed by atoms with Gasteiger partial charge in [-0.3, -0.25) is 4.79 Å². The molecule has 0 unspecified atom stereocenters. The number of aromatic nitrogens is 3. The normalized spacial score (nSPS) is 26.8. The van der Waals surface area contributed by atoms with Gasteiger partial charge in [-0.1, -0.05) is 35.5 Å². The van der Waals surface area contributed by atoms with Crippen molar-refractivity contribution >= 4 is 5.91 Å². The van der Waals surface area contributed by atoms with Crippen molar-refractivity contribution in [3.8, 4) is 11.3 Å². The number of amides is 1. The summed E-state index contributed by atoms with van der Waals surface area (Å²) in [6, 6.07) is 12.9. The standard InChI is InChI=1S/C19H18N4O4/c24-19(16-7-4-8-25-16)20-14-10-26-18-15(11-27-17(14)18)23-9-13(21-22-23)12-5-2-1-3-6-12/h1-9,14-15,17-18H,10-11H2,(H,20,24)/t14-,15+,17-,18+/m0/s1. The van der Waals surface area contributed by atoms with Gasteiger partial charge in [0.1, 0.15) is 23.9 Å². The zero-order valence-electron chi connectivity index (χ0n) is 14.4. The highest BCUT2D eigenvalue weighted by Crippen LogP contribution is 2.34. The molecule has 0 spiro atoms. The van der Waals surface area contributed by atoms with Gasteiger partial charge in [0.15, 0.2) is 5.76 Å². The number of carbonyl (C=O) groups is 1. The van der Waals surface area contributed by atoms with Crippen molar-refractivity contribution in [2.75, 3.05) is 13.2 Å². The number of nitrogens with one attached hydrogen (secondary N) is 1. The number of carbonyl (C=O) groups excluding carboxylic acids is 1. The van der Waals surface area contributed by atoms with Gasteiger partial charge in [-0.15, -0.1) is 5.10 Å². The molecule has 27 heavy (non-hydrogen) atoms. The molecule has 2 fully saturated rings. The summed E-state index contributed by atoms with van der Waals surface area (Å²) < 4.78 is 18.8. The summed E-state index contributed by atoms with van der Waals surface area (Å²) in [6.07, 6.45) is 2.97. The lowest BCUT2D eigenvalue weighted by Crippen LogP contribution is -2.44. The molecule has 0 bridgehead atoms. The predicted molar refractivity (Wildman–Crippen MR) is 93.9 cm³/mol. The van der Waals surface area contributed by atoms with Gasteiger partial charge in [0.05, 0.1) is 31.7 Å². The highest BCUT2D eigenvalue weighted by molar-refractivity contribution is 5.91. The summed E-state index contributed by atoms with van der Waals surface area (Å²) >= 11 is 0. The van der Waals surface area contributed by atoms with Gasteiger partial charge in [0.25, 0.3) is 5.91 Å². The van der Waals surface area contributed by atoms with Gasteiger partial charge in [-0.05, 0) is 12.1 Å². The molecule has 1 aromatic carbocycles. The Kier molecular flexibility index (Phi) is 3.99. The molecule has 1 amide bonds. The van der Waals surface area contributed by atoms with Crippen LogP contribution in [-0.4, -0.2) is 52.4 Å². The molecule has 8 nitrogen and oxygen atoms in total. The molecule has 4 atom stereocenters. The smallest absolute Gasteiger partial charge is 0.287 e. The van der Waals surface area contributed by atoms with Crippen LogP contribution in [0.1, 0.15) is 16.6 Å². The molecule has 2 aliphatic heterocycles. The lowest BCUT2D eigenvalue weighted by Gasteiger charge is -2.17. The second-order valence-electron chi connectivity index (χ2n) is 6.67. The van der Waals surface area contributed by atoms with E-state index < -0.39 is 0 Å². The molecule has 138 valence electrons. The third-order valence-corrected chi connectivity index (χ3v) is 5.01. The maximum Gasteiger partial charge on any atom is 0.287 e. The van der Waals surface area contributed by atoms with Crippen LogP contribution in [0.5, 0.6) is 0 Å². The second-order valence-corrected chi connectivity index (χ2v) is 6.67. The van der Waals surface area contributed by atoms with Crippen molar-refractivity contribution in [2.45, 2.75) is 24.3 Å². The molecule has 8 heteroatoms. The minimum atomic E-state index is -0.270. The SMILES string of the molecule is O=C(N[C@H]1CO[C@H]2[C@H]1OC[C@H]2n1cc(-c2ccccc2)nn1)c1ccco1. The van der Waals surface area contributed by atoms with E-state index in [9.17, 15) is 4.79 Å². The summed E-state index contributed by atoms with van der Waals surface area (Å²) in [7, 11) is 0. The van der Waals surface area contributed by atoms with Gasteiger partial charge in [0.2, 0.25) is 0 Å². The van der Waals surface area contributed by atoms with Gasteiger partial charge in [-0.2, -0.15) is 0 Å².